The van der Waals surface area contributed by atoms with Crippen LogP contribution in [0.25, 0.3) is 22.2 Å². The molecule has 2 aromatic carbocycles. The largest absolute Gasteiger partial charge is 0.352 e. The van der Waals surface area contributed by atoms with Gasteiger partial charge in [0.05, 0.1) is 16.8 Å². The van der Waals surface area contributed by atoms with E-state index in [-0.39, 0.29) is 5.91 Å². The van der Waals surface area contributed by atoms with Gasteiger partial charge in [0.25, 0.3) is 5.91 Å². The zero-order chi connectivity index (χ0) is 21.8. The molecular formula is C27H26N4O. The molecule has 0 atom stereocenters. The van der Waals surface area contributed by atoms with Crippen molar-refractivity contribution in [2.75, 3.05) is 19.6 Å². The van der Waals surface area contributed by atoms with Crippen LogP contribution >= 0.6 is 0 Å². The molecule has 2 aromatic heterocycles. The molecule has 160 valence electrons. The number of pyridine rings is 2. The summed E-state index contributed by atoms with van der Waals surface area (Å²) in [5, 5.41) is 3.99. The van der Waals surface area contributed by atoms with Crippen LogP contribution in [0.1, 0.15) is 27.9 Å². The minimum absolute atomic E-state index is 0.0577. The first-order valence-corrected chi connectivity index (χ1v) is 11.2. The number of para-hydroxylation sites is 1. The number of amides is 1. The number of rotatable bonds is 6. The van der Waals surface area contributed by atoms with Crippen LogP contribution in [-0.2, 0) is 13.0 Å². The van der Waals surface area contributed by atoms with Gasteiger partial charge in [0.15, 0.2) is 0 Å². The second kappa shape index (κ2) is 9.28. The SMILES string of the molecule is O=C(NCCCN1CCc2ccccc2C1)c1cc(-c2cccnc2)nc2ccccc12. The average molecular weight is 423 g/mol. The second-order valence-electron chi connectivity index (χ2n) is 8.22. The van der Waals surface area contributed by atoms with Crippen molar-refractivity contribution in [3.05, 3.63) is 95.8 Å². The van der Waals surface area contributed by atoms with Gasteiger partial charge in [-0.2, -0.15) is 0 Å². The maximum atomic E-state index is 13.1. The minimum atomic E-state index is -0.0577. The number of carbonyl (C=O) groups is 1. The molecule has 1 N–H and O–H groups in total. The van der Waals surface area contributed by atoms with Gasteiger partial charge in [-0.3, -0.25) is 14.7 Å². The second-order valence-corrected chi connectivity index (χ2v) is 8.22. The van der Waals surface area contributed by atoms with Gasteiger partial charge in [-0.1, -0.05) is 42.5 Å². The highest BCUT2D eigenvalue weighted by atomic mass is 16.1. The first-order chi connectivity index (χ1) is 15.8. The Bertz CT molecular complexity index is 1240. The fourth-order valence-electron chi connectivity index (χ4n) is 4.37. The fraction of sp³-hybridized carbons (Fsp3) is 0.222. The van der Waals surface area contributed by atoms with Gasteiger partial charge in [0, 0.05) is 49.5 Å². The van der Waals surface area contributed by atoms with E-state index in [2.05, 4.69) is 39.5 Å². The molecule has 0 aliphatic carbocycles. The summed E-state index contributed by atoms with van der Waals surface area (Å²) in [7, 11) is 0. The van der Waals surface area contributed by atoms with Crippen LogP contribution < -0.4 is 5.32 Å². The van der Waals surface area contributed by atoms with E-state index in [0.29, 0.717) is 12.1 Å². The summed E-state index contributed by atoms with van der Waals surface area (Å²) in [6.07, 6.45) is 5.53. The Labute approximate surface area is 188 Å². The molecule has 5 nitrogen and oxygen atoms in total. The van der Waals surface area contributed by atoms with E-state index >= 15 is 0 Å². The van der Waals surface area contributed by atoms with E-state index < -0.39 is 0 Å². The van der Waals surface area contributed by atoms with Crippen LogP contribution in [0.2, 0.25) is 0 Å². The molecule has 0 saturated heterocycles. The number of hydrogen-bond acceptors (Lipinski definition) is 4. The standard InChI is InChI=1S/C27H26N4O/c32-27(29-14-6-15-31-16-12-20-7-1-2-8-22(20)19-31)24-17-26(21-9-5-13-28-18-21)30-25-11-4-3-10-23(24)25/h1-5,7-11,13,17-18H,6,12,14-16,19H2,(H,29,32). The summed E-state index contributed by atoms with van der Waals surface area (Å²) < 4.78 is 0. The minimum Gasteiger partial charge on any atom is -0.352 e. The third-order valence-corrected chi connectivity index (χ3v) is 6.06. The summed E-state index contributed by atoms with van der Waals surface area (Å²) in [4.78, 5) is 24.5. The maximum Gasteiger partial charge on any atom is 0.252 e. The van der Waals surface area contributed by atoms with E-state index in [1.54, 1.807) is 12.4 Å². The molecule has 1 aliphatic heterocycles. The molecule has 0 radical (unpaired) electrons. The lowest BCUT2D eigenvalue weighted by atomic mass is 10.00. The van der Waals surface area contributed by atoms with E-state index in [1.165, 1.54) is 11.1 Å². The molecule has 0 spiro atoms. The van der Waals surface area contributed by atoms with Gasteiger partial charge >= 0.3 is 0 Å². The predicted octanol–water partition coefficient (Wildman–Crippen LogP) is 4.48. The van der Waals surface area contributed by atoms with Crippen LogP contribution in [0.15, 0.2) is 79.1 Å². The van der Waals surface area contributed by atoms with Crippen LogP contribution in [0, 0.1) is 0 Å². The lowest BCUT2D eigenvalue weighted by molar-refractivity contribution is 0.0953. The molecule has 0 unspecified atom stereocenters. The number of nitrogens with zero attached hydrogens (tertiary/aromatic N) is 3. The number of carbonyl (C=O) groups excluding carboxylic acids is 1. The Hall–Kier alpha value is -3.57. The Morgan fingerprint density at radius 1 is 1.00 bits per heavy atom. The number of benzene rings is 2. The van der Waals surface area contributed by atoms with Crippen molar-refractivity contribution < 1.29 is 4.79 Å². The van der Waals surface area contributed by atoms with Gasteiger partial charge in [-0.25, -0.2) is 4.98 Å². The Balaban J connectivity index is 1.25. The van der Waals surface area contributed by atoms with Crippen molar-refractivity contribution in [3.63, 3.8) is 0 Å². The number of fused-ring (bicyclic) bond motifs is 2. The van der Waals surface area contributed by atoms with Crippen molar-refractivity contribution in [2.24, 2.45) is 0 Å². The predicted molar refractivity (Wildman–Crippen MR) is 127 cm³/mol. The topological polar surface area (TPSA) is 58.1 Å². The monoisotopic (exact) mass is 422 g/mol. The average Bonchev–Trinajstić information content (AvgIpc) is 2.86. The smallest absolute Gasteiger partial charge is 0.252 e. The van der Waals surface area contributed by atoms with Crippen molar-refractivity contribution in [1.82, 2.24) is 20.2 Å². The molecule has 0 saturated carbocycles. The van der Waals surface area contributed by atoms with E-state index in [1.807, 2.05) is 42.5 Å². The molecule has 0 fully saturated rings. The molecule has 4 aromatic rings. The third-order valence-electron chi connectivity index (χ3n) is 6.06. The summed E-state index contributed by atoms with van der Waals surface area (Å²) in [6.45, 7) is 3.70. The van der Waals surface area contributed by atoms with E-state index in [4.69, 9.17) is 4.98 Å². The molecular weight excluding hydrogens is 396 g/mol. The van der Waals surface area contributed by atoms with Crippen molar-refractivity contribution in [2.45, 2.75) is 19.4 Å². The zero-order valence-corrected chi connectivity index (χ0v) is 18.0. The van der Waals surface area contributed by atoms with Gasteiger partial charge in [0.2, 0.25) is 0 Å². The highest BCUT2D eigenvalue weighted by Gasteiger charge is 2.16. The van der Waals surface area contributed by atoms with Crippen molar-refractivity contribution in [1.29, 1.82) is 0 Å². The molecule has 0 bridgehead atoms. The number of aromatic nitrogens is 2. The van der Waals surface area contributed by atoms with Crippen molar-refractivity contribution >= 4 is 16.8 Å². The number of nitrogens with one attached hydrogen (secondary N) is 1. The maximum absolute atomic E-state index is 13.1. The lowest BCUT2D eigenvalue weighted by Crippen LogP contribution is -2.33. The van der Waals surface area contributed by atoms with Gasteiger partial charge in [-0.15, -0.1) is 0 Å². The van der Waals surface area contributed by atoms with Crippen LogP contribution in [0.5, 0.6) is 0 Å². The Morgan fingerprint density at radius 3 is 2.72 bits per heavy atom. The van der Waals surface area contributed by atoms with E-state index in [9.17, 15) is 4.79 Å². The molecule has 1 aliphatic rings. The Morgan fingerprint density at radius 2 is 1.84 bits per heavy atom. The molecule has 5 rings (SSSR count). The normalized spacial score (nSPS) is 13.6. The molecule has 32 heavy (non-hydrogen) atoms. The highest BCUT2D eigenvalue weighted by Crippen LogP contribution is 2.24. The van der Waals surface area contributed by atoms with Crippen LogP contribution in [0.3, 0.4) is 0 Å². The zero-order valence-electron chi connectivity index (χ0n) is 18.0. The van der Waals surface area contributed by atoms with Gasteiger partial charge in [0.1, 0.15) is 0 Å². The molecule has 3 heterocycles. The summed E-state index contributed by atoms with van der Waals surface area (Å²) in [5.74, 6) is -0.0577. The third kappa shape index (κ3) is 4.39. The first-order valence-electron chi connectivity index (χ1n) is 11.2. The van der Waals surface area contributed by atoms with E-state index in [0.717, 1.165) is 54.6 Å². The van der Waals surface area contributed by atoms with Crippen molar-refractivity contribution in [3.8, 4) is 11.3 Å². The number of hydrogen-bond donors (Lipinski definition) is 1. The van der Waals surface area contributed by atoms with Crippen LogP contribution in [0.4, 0.5) is 0 Å². The first kappa shape index (κ1) is 20.3. The summed E-state index contributed by atoms with van der Waals surface area (Å²) in [5.41, 5.74) is 6.01. The quantitative estimate of drug-likeness (QED) is 0.466. The highest BCUT2D eigenvalue weighted by molar-refractivity contribution is 6.07. The van der Waals surface area contributed by atoms with Gasteiger partial charge < -0.3 is 5.32 Å². The lowest BCUT2D eigenvalue weighted by Gasteiger charge is -2.28. The van der Waals surface area contributed by atoms with Gasteiger partial charge in [-0.05, 0) is 48.2 Å². The molecule has 1 amide bonds. The Kier molecular flexibility index (Phi) is 5.90. The summed E-state index contributed by atoms with van der Waals surface area (Å²) >= 11 is 0. The molecule has 5 heteroatoms. The fourth-order valence-corrected chi connectivity index (χ4v) is 4.37. The van der Waals surface area contributed by atoms with Crippen LogP contribution in [-0.4, -0.2) is 40.4 Å². The summed E-state index contributed by atoms with van der Waals surface area (Å²) in [6, 6.07) is 22.2.